The molecule has 0 radical (unpaired) electrons. The molecule has 5 heteroatoms. The van der Waals surface area contributed by atoms with E-state index in [-0.39, 0.29) is 11.9 Å². The van der Waals surface area contributed by atoms with Gasteiger partial charge < -0.3 is 5.32 Å². The quantitative estimate of drug-likeness (QED) is 0.889. The lowest BCUT2D eigenvalue weighted by molar-refractivity contribution is 0.0915. The third-order valence-electron chi connectivity index (χ3n) is 4.86. The van der Waals surface area contributed by atoms with Crippen LogP contribution in [-0.4, -0.2) is 30.4 Å². The van der Waals surface area contributed by atoms with Crippen LogP contribution in [0.5, 0.6) is 0 Å². The summed E-state index contributed by atoms with van der Waals surface area (Å²) in [7, 11) is 0. The van der Waals surface area contributed by atoms with Crippen molar-refractivity contribution in [3.8, 4) is 6.07 Å². The summed E-state index contributed by atoms with van der Waals surface area (Å²) in [6.45, 7) is 5.07. The minimum Gasteiger partial charge on any atom is -0.350 e. The molecule has 1 aromatic heterocycles. The Hall–Kier alpha value is -2.16. The number of nitriles is 1. The third kappa shape index (κ3) is 4.47. The number of rotatable bonds is 5. The third-order valence-corrected chi connectivity index (χ3v) is 5.84. The fourth-order valence-electron chi connectivity index (χ4n) is 3.22. The summed E-state index contributed by atoms with van der Waals surface area (Å²) in [5.74, 6) is 0.699. The molecule has 2 aromatic rings. The molecule has 130 valence electrons. The zero-order valence-corrected chi connectivity index (χ0v) is 15.3. The first-order valence-electron chi connectivity index (χ1n) is 8.73. The standard InChI is InChI=1S/C20H23N3OS/c1-15-8-10-23(11-9-15)18(19-3-2-12-25-19)14-22-20(24)17-6-4-16(13-21)5-7-17/h2-7,12,15,18H,8-11,14H2,1H3,(H,22,24). The Morgan fingerprint density at radius 2 is 2.04 bits per heavy atom. The molecule has 0 bridgehead atoms. The molecule has 1 aromatic carbocycles. The Balaban J connectivity index is 1.66. The van der Waals surface area contributed by atoms with Crippen molar-refractivity contribution in [3.05, 3.63) is 57.8 Å². The lowest BCUT2D eigenvalue weighted by Crippen LogP contribution is -2.41. The highest BCUT2D eigenvalue weighted by Gasteiger charge is 2.25. The number of benzene rings is 1. The fraction of sp³-hybridized carbons (Fsp3) is 0.400. The first kappa shape index (κ1) is 17.7. The Labute approximate surface area is 153 Å². The van der Waals surface area contributed by atoms with Crippen molar-refractivity contribution in [2.45, 2.75) is 25.8 Å². The minimum atomic E-state index is -0.0866. The molecule has 1 saturated heterocycles. The van der Waals surface area contributed by atoms with Crippen molar-refractivity contribution < 1.29 is 4.79 Å². The van der Waals surface area contributed by atoms with Gasteiger partial charge in [0.2, 0.25) is 0 Å². The van der Waals surface area contributed by atoms with E-state index in [0.29, 0.717) is 17.7 Å². The highest BCUT2D eigenvalue weighted by atomic mass is 32.1. The summed E-state index contributed by atoms with van der Waals surface area (Å²) in [5.41, 5.74) is 1.16. The van der Waals surface area contributed by atoms with Crippen LogP contribution in [0.25, 0.3) is 0 Å². The zero-order valence-electron chi connectivity index (χ0n) is 14.4. The van der Waals surface area contributed by atoms with Crippen LogP contribution in [0, 0.1) is 17.2 Å². The first-order chi connectivity index (χ1) is 12.2. The van der Waals surface area contributed by atoms with Gasteiger partial charge in [-0.1, -0.05) is 13.0 Å². The largest absolute Gasteiger partial charge is 0.350 e. The van der Waals surface area contributed by atoms with Crippen molar-refractivity contribution in [2.24, 2.45) is 5.92 Å². The van der Waals surface area contributed by atoms with Crippen LogP contribution in [-0.2, 0) is 0 Å². The number of carbonyl (C=O) groups excluding carboxylic acids is 1. The summed E-state index contributed by atoms with van der Waals surface area (Å²) >= 11 is 1.75. The highest BCUT2D eigenvalue weighted by molar-refractivity contribution is 7.10. The van der Waals surface area contributed by atoms with Crippen molar-refractivity contribution in [2.75, 3.05) is 19.6 Å². The van der Waals surface area contributed by atoms with E-state index >= 15 is 0 Å². The SMILES string of the molecule is CC1CCN(C(CNC(=O)c2ccc(C#N)cc2)c2cccs2)CC1. The summed E-state index contributed by atoms with van der Waals surface area (Å²) < 4.78 is 0. The molecule has 1 aliphatic rings. The van der Waals surface area contributed by atoms with E-state index in [1.54, 1.807) is 35.6 Å². The molecule has 1 amide bonds. The molecule has 1 N–H and O–H groups in total. The number of nitrogens with zero attached hydrogens (tertiary/aromatic N) is 2. The molecule has 1 fully saturated rings. The molecule has 0 spiro atoms. The normalized spacial score (nSPS) is 17.0. The molecule has 1 aliphatic heterocycles. The van der Waals surface area contributed by atoms with Crippen LogP contribution >= 0.6 is 11.3 Å². The summed E-state index contributed by atoms with van der Waals surface area (Å²) in [6.07, 6.45) is 2.43. The molecule has 3 rings (SSSR count). The fourth-order valence-corrected chi connectivity index (χ4v) is 4.08. The van der Waals surface area contributed by atoms with E-state index < -0.39 is 0 Å². The maximum atomic E-state index is 12.4. The predicted molar refractivity (Wildman–Crippen MR) is 101 cm³/mol. The topological polar surface area (TPSA) is 56.1 Å². The van der Waals surface area contributed by atoms with Gasteiger partial charge in [-0.2, -0.15) is 5.26 Å². The Bertz CT molecular complexity index is 725. The average molecular weight is 353 g/mol. The van der Waals surface area contributed by atoms with E-state index in [1.165, 1.54) is 17.7 Å². The maximum Gasteiger partial charge on any atom is 0.251 e. The number of thiophene rings is 1. The first-order valence-corrected chi connectivity index (χ1v) is 9.61. The van der Waals surface area contributed by atoms with Crippen LogP contribution in [0.2, 0.25) is 0 Å². The van der Waals surface area contributed by atoms with Crippen molar-refractivity contribution >= 4 is 17.2 Å². The lowest BCUT2D eigenvalue weighted by atomic mass is 9.97. The second-order valence-electron chi connectivity index (χ2n) is 6.65. The number of carbonyl (C=O) groups is 1. The van der Waals surface area contributed by atoms with Crippen LogP contribution < -0.4 is 5.32 Å². The van der Waals surface area contributed by atoms with Gasteiger partial charge in [-0.15, -0.1) is 11.3 Å². The monoisotopic (exact) mass is 353 g/mol. The van der Waals surface area contributed by atoms with Gasteiger partial charge >= 0.3 is 0 Å². The van der Waals surface area contributed by atoms with Gasteiger partial charge in [0.15, 0.2) is 0 Å². The van der Waals surface area contributed by atoms with Gasteiger partial charge in [-0.25, -0.2) is 0 Å². The molecule has 2 heterocycles. The van der Waals surface area contributed by atoms with Gasteiger partial charge in [0.25, 0.3) is 5.91 Å². The molecule has 0 aliphatic carbocycles. The van der Waals surface area contributed by atoms with Crippen molar-refractivity contribution in [1.29, 1.82) is 5.26 Å². The zero-order chi connectivity index (χ0) is 17.6. The lowest BCUT2D eigenvalue weighted by Gasteiger charge is -2.36. The summed E-state index contributed by atoms with van der Waals surface area (Å²) in [5, 5.41) is 14.0. The second kappa shape index (κ2) is 8.28. The van der Waals surface area contributed by atoms with Crippen LogP contribution in [0.3, 0.4) is 0 Å². The van der Waals surface area contributed by atoms with E-state index in [4.69, 9.17) is 5.26 Å². The molecule has 4 nitrogen and oxygen atoms in total. The Morgan fingerprint density at radius 3 is 2.64 bits per heavy atom. The van der Waals surface area contributed by atoms with Gasteiger partial charge in [-0.05, 0) is 67.6 Å². The number of piperidine rings is 1. The predicted octanol–water partition coefficient (Wildman–Crippen LogP) is 3.82. The number of hydrogen-bond acceptors (Lipinski definition) is 4. The van der Waals surface area contributed by atoms with Gasteiger partial charge in [0.1, 0.15) is 0 Å². The van der Waals surface area contributed by atoms with E-state index in [1.807, 2.05) is 0 Å². The molecule has 0 saturated carbocycles. The van der Waals surface area contributed by atoms with Gasteiger partial charge in [0.05, 0.1) is 17.7 Å². The number of nitrogens with one attached hydrogen (secondary N) is 1. The molecule has 25 heavy (non-hydrogen) atoms. The molecule has 1 atom stereocenters. The molecular weight excluding hydrogens is 330 g/mol. The van der Waals surface area contributed by atoms with Gasteiger partial charge in [0, 0.05) is 17.0 Å². The maximum absolute atomic E-state index is 12.4. The van der Waals surface area contributed by atoms with Crippen LogP contribution in [0.15, 0.2) is 41.8 Å². The van der Waals surface area contributed by atoms with E-state index in [2.05, 4.69) is 40.7 Å². The van der Waals surface area contributed by atoms with Crippen LogP contribution in [0.4, 0.5) is 0 Å². The second-order valence-corrected chi connectivity index (χ2v) is 7.63. The average Bonchev–Trinajstić information content (AvgIpc) is 3.17. The number of hydrogen-bond donors (Lipinski definition) is 1. The number of amides is 1. The Kier molecular flexibility index (Phi) is 5.85. The van der Waals surface area contributed by atoms with Crippen molar-refractivity contribution in [1.82, 2.24) is 10.2 Å². The minimum absolute atomic E-state index is 0.0866. The smallest absolute Gasteiger partial charge is 0.251 e. The van der Waals surface area contributed by atoms with E-state index in [9.17, 15) is 4.79 Å². The molecular formula is C20H23N3OS. The Morgan fingerprint density at radius 1 is 1.32 bits per heavy atom. The molecule has 1 unspecified atom stereocenters. The summed E-state index contributed by atoms with van der Waals surface area (Å²) in [4.78, 5) is 16.2. The van der Waals surface area contributed by atoms with Gasteiger partial charge in [-0.3, -0.25) is 9.69 Å². The number of likely N-dealkylation sites (tertiary alicyclic amines) is 1. The van der Waals surface area contributed by atoms with E-state index in [0.717, 1.165) is 19.0 Å². The van der Waals surface area contributed by atoms with Crippen LogP contribution in [0.1, 0.15) is 46.6 Å². The summed E-state index contributed by atoms with van der Waals surface area (Å²) in [6, 6.07) is 13.3. The highest BCUT2D eigenvalue weighted by Crippen LogP contribution is 2.29. The van der Waals surface area contributed by atoms with Crippen molar-refractivity contribution in [3.63, 3.8) is 0 Å².